The van der Waals surface area contributed by atoms with Gasteiger partial charge in [0.05, 0.1) is 24.5 Å². The number of amides is 1. The zero-order valence-corrected chi connectivity index (χ0v) is 11.5. The van der Waals surface area contributed by atoms with Gasteiger partial charge in [0.2, 0.25) is 0 Å². The monoisotopic (exact) mass is 284 g/mol. The van der Waals surface area contributed by atoms with Crippen molar-refractivity contribution in [2.45, 2.75) is 12.1 Å². The number of hydrogen-bond donors (Lipinski definition) is 3. The van der Waals surface area contributed by atoms with E-state index in [0.29, 0.717) is 5.69 Å². The molecule has 2 aromatic rings. The first-order chi connectivity index (χ1) is 10.2. The molecule has 108 valence electrons. The number of benzene rings is 2. The van der Waals surface area contributed by atoms with Gasteiger partial charge in [0.15, 0.2) is 6.10 Å². The summed E-state index contributed by atoms with van der Waals surface area (Å²) < 4.78 is 5.12. The zero-order valence-electron chi connectivity index (χ0n) is 11.5. The van der Waals surface area contributed by atoms with E-state index in [1.165, 1.54) is 0 Å². The highest BCUT2D eigenvalue weighted by Gasteiger charge is 2.31. The van der Waals surface area contributed by atoms with Crippen molar-refractivity contribution in [3.63, 3.8) is 0 Å². The Hall–Kier alpha value is -2.53. The number of nitrogens with one attached hydrogen (secondary N) is 2. The van der Waals surface area contributed by atoms with Crippen molar-refractivity contribution in [3.8, 4) is 5.75 Å². The Kier molecular flexibility index (Phi) is 3.50. The van der Waals surface area contributed by atoms with E-state index >= 15 is 0 Å². The molecule has 0 spiro atoms. The van der Waals surface area contributed by atoms with Crippen molar-refractivity contribution >= 4 is 17.3 Å². The molecule has 1 amide bonds. The Morgan fingerprint density at radius 3 is 2.38 bits per heavy atom. The molecule has 0 unspecified atom stereocenters. The molecule has 2 atom stereocenters. The van der Waals surface area contributed by atoms with E-state index in [1.54, 1.807) is 25.3 Å². The van der Waals surface area contributed by atoms with Gasteiger partial charge in [-0.15, -0.1) is 0 Å². The largest absolute Gasteiger partial charge is 0.497 e. The normalized spacial score (nSPS) is 20.8. The number of aliphatic hydroxyl groups excluding tert-OH is 1. The number of hydrogen-bond acceptors (Lipinski definition) is 4. The van der Waals surface area contributed by atoms with Gasteiger partial charge in [-0.25, -0.2) is 0 Å². The highest BCUT2D eigenvalue weighted by molar-refractivity contribution is 5.99. The Morgan fingerprint density at radius 2 is 1.71 bits per heavy atom. The molecule has 3 rings (SSSR count). The Morgan fingerprint density at radius 1 is 1.05 bits per heavy atom. The second kappa shape index (κ2) is 5.46. The smallest absolute Gasteiger partial charge is 0.255 e. The van der Waals surface area contributed by atoms with Crippen LogP contribution in [-0.2, 0) is 4.79 Å². The lowest BCUT2D eigenvalue weighted by Gasteiger charge is -2.21. The van der Waals surface area contributed by atoms with Crippen LogP contribution in [0.1, 0.15) is 11.6 Å². The van der Waals surface area contributed by atoms with Crippen LogP contribution in [0.15, 0.2) is 48.5 Å². The fourth-order valence-electron chi connectivity index (χ4n) is 2.40. The molecule has 0 radical (unpaired) electrons. The average molecular weight is 284 g/mol. The third kappa shape index (κ3) is 2.55. The fourth-order valence-corrected chi connectivity index (χ4v) is 2.40. The number of ether oxygens (including phenoxy) is 1. The molecule has 2 aromatic carbocycles. The third-order valence-electron chi connectivity index (χ3n) is 3.56. The summed E-state index contributed by atoms with van der Waals surface area (Å²) in [6.45, 7) is 0. The number of rotatable bonds is 2. The van der Waals surface area contributed by atoms with Gasteiger partial charge >= 0.3 is 0 Å². The molecule has 0 aromatic heterocycles. The standard InChI is InChI=1S/C16H16N2O3/c1-21-11-8-6-10(7-9-11)14-15(19)16(20)18-13-5-3-2-4-12(13)17-14/h2-9,14-15,17,19H,1H3,(H,18,20)/t14-,15-/m0/s1. The zero-order chi connectivity index (χ0) is 14.8. The first-order valence-electron chi connectivity index (χ1n) is 6.67. The van der Waals surface area contributed by atoms with E-state index < -0.39 is 18.1 Å². The molecular formula is C16H16N2O3. The summed E-state index contributed by atoms with van der Waals surface area (Å²) in [4.78, 5) is 12.1. The minimum atomic E-state index is -1.18. The van der Waals surface area contributed by atoms with E-state index in [-0.39, 0.29) is 0 Å². The summed E-state index contributed by atoms with van der Waals surface area (Å²) in [6, 6.07) is 14.1. The minimum absolute atomic E-state index is 0.423. The Bertz CT molecular complexity index is 655. The highest BCUT2D eigenvalue weighted by Crippen LogP contribution is 2.32. The average Bonchev–Trinajstić information content (AvgIpc) is 2.65. The number of para-hydroxylation sites is 2. The lowest BCUT2D eigenvalue weighted by Crippen LogP contribution is -2.34. The van der Waals surface area contributed by atoms with Gasteiger partial charge in [-0.3, -0.25) is 4.79 Å². The Balaban J connectivity index is 1.98. The molecule has 21 heavy (non-hydrogen) atoms. The van der Waals surface area contributed by atoms with Crippen LogP contribution in [-0.4, -0.2) is 24.2 Å². The summed E-state index contributed by atoms with van der Waals surface area (Å²) in [7, 11) is 1.59. The van der Waals surface area contributed by atoms with Gasteiger partial charge in [0.25, 0.3) is 5.91 Å². The van der Waals surface area contributed by atoms with E-state index in [1.807, 2.05) is 30.3 Å². The molecule has 1 aliphatic heterocycles. The molecule has 0 saturated heterocycles. The second-order valence-corrected chi connectivity index (χ2v) is 4.87. The van der Waals surface area contributed by atoms with E-state index in [0.717, 1.165) is 17.0 Å². The van der Waals surface area contributed by atoms with Crippen molar-refractivity contribution < 1.29 is 14.6 Å². The first-order valence-corrected chi connectivity index (χ1v) is 6.67. The number of methoxy groups -OCH3 is 1. The van der Waals surface area contributed by atoms with Crippen LogP contribution in [0.2, 0.25) is 0 Å². The molecule has 5 heteroatoms. The van der Waals surface area contributed by atoms with E-state index in [2.05, 4.69) is 10.6 Å². The summed E-state index contributed by atoms with van der Waals surface area (Å²) in [5.41, 5.74) is 2.26. The first kappa shape index (κ1) is 13.5. The third-order valence-corrected chi connectivity index (χ3v) is 3.56. The molecule has 0 saturated carbocycles. The number of fused-ring (bicyclic) bond motifs is 1. The lowest BCUT2D eigenvalue weighted by atomic mass is 10.0. The number of anilines is 2. The van der Waals surface area contributed by atoms with Crippen LogP contribution >= 0.6 is 0 Å². The summed E-state index contributed by atoms with van der Waals surface area (Å²) in [5, 5.41) is 16.2. The van der Waals surface area contributed by atoms with Crippen molar-refractivity contribution in [1.29, 1.82) is 0 Å². The van der Waals surface area contributed by atoms with Gasteiger partial charge < -0.3 is 20.5 Å². The van der Waals surface area contributed by atoms with E-state index in [4.69, 9.17) is 4.74 Å². The van der Waals surface area contributed by atoms with Crippen LogP contribution < -0.4 is 15.4 Å². The maximum absolute atomic E-state index is 12.1. The predicted octanol–water partition coefficient (Wildman–Crippen LogP) is 2.16. The van der Waals surface area contributed by atoms with Crippen LogP contribution in [0, 0.1) is 0 Å². The predicted molar refractivity (Wildman–Crippen MR) is 80.4 cm³/mol. The van der Waals surface area contributed by atoms with Crippen molar-refractivity contribution in [1.82, 2.24) is 0 Å². The second-order valence-electron chi connectivity index (χ2n) is 4.87. The minimum Gasteiger partial charge on any atom is -0.497 e. The Labute approximate surface area is 122 Å². The summed E-state index contributed by atoms with van der Waals surface area (Å²) >= 11 is 0. The molecule has 0 bridgehead atoms. The van der Waals surface area contributed by atoms with Crippen LogP contribution in [0.3, 0.4) is 0 Å². The molecule has 1 heterocycles. The quantitative estimate of drug-likeness (QED) is 0.790. The number of aliphatic hydroxyl groups is 1. The van der Waals surface area contributed by atoms with Gasteiger partial charge in [0.1, 0.15) is 5.75 Å². The van der Waals surface area contributed by atoms with Crippen molar-refractivity contribution in [2.24, 2.45) is 0 Å². The fraction of sp³-hybridized carbons (Fsp3) is 0.188. The van der Waals surface area contributed by atoms with Crippen LogP contribution in [0.4, 0.5) is 11.4 Å². The molecule has 5 nitrogen and oxygen atoms in total. The van der Waals surface area contributed by atoms with Gasteiger partial charge in [0, 0.05) is 0 Å². The summed E-state index contributed by atoms with van der Waals surface area (Å²) in [5.74, 6) is 0.306. The van der Waals surface area contributed by atoms with Crippen molar-refractivity contribution in [3.05, 3.63) is 54.1 Å². The maximum Gasteiger partial charge on any atom is 0.255 e. The molecule has 3 N–H and O–H groups in total. The maximum atomic E-state index is 12.1. The van der Waals surface area contributed by atoms with Gasteiger partial charge in [-0.05, 0) is 29.8 Å². The van der Waals surface area contributed by atoms with Crippen LogP contribution in [0.25, 0.3) is 0 Å². The van der Waals surface area contributed by atoms with E-state index in [9.17, 15) is 9.90 Å². The topological polar surface area (TPSA) is 70.6 Å². The van der Waals surface area contributed by atoms with Gasteiger partial charge in [-0.2, -0.15) is 0 Å². The van der Waals surface area contributed by atoms with Crippen molar-refractivity contribution in [2.75, 3.05) is 17.7 Å². The number of carbonyl (C=O) groups is 1. The molecule has 1 aliphatic rings. The van der Waals surface area contributed by atoms with Gasteiger partial charge in [-0.1, -0.05) is 24.3 Å². The number of carbonyl (C=O) groups excluding carboxylic acids is 1. The highest BCUT2D eigenvalue weighted by atomic mass is 16.5. The summed E-state index contributed by atoms with van der Waals surface area (Å²) in [6.07, 6.45) is -1.18. The molecule has 0 fully saturated rings. The van der Waals surface area contributed by atoms with Crippen LogP contribution in [0.5, 0.6) is 5.75 Å². The SMILES string of the molecule is COc1ccc([C@@H]2Nc3ccccc3NC(=O)[C@H]2O)cc1. The lowest BCUT2D eigenvalue weighted by molar-refractivity contribution is -0.124. The molecule has 0 aliphatic carbocycles. The molecular weight excluding hydrogens is 268 g/mol.